The zero-order valence-corrected chi connectivity index (χ0v) is 14.5. The second-order valence-corrected chi connectivity index (χ2v) is 7.86. The minimum Gasteiger partial charge on any atom is -0.351 e. The van der Waals surface area contributed by atoms with Crippen LogP contribution >= 0.6 is 11.6 Å². The van der Waals surface area contributed by atoms with Crippen LogP contribution < -0.4 is 5.32 Å². The molecule has 0 spiro atoms. The Labute approximate surface area is 141 Å². The molecule has 2 aromatic carbocycles. The van der Waals surface area contributed by atoms with E-state index in [4.69, 9.17) is 11.6 Å². The van der Waals surface area contributed by atoms with Gasteiger partial charge in [-0.1, -0.05) is 48.9 Å². The van der Waals surface area contributed by atoms with Gasteiger partial charge in [-0.3, -0.25) is 4.79 Å². The van der Waals surface area contributed by atoms with Gasteiger partial charge in [0.2, 0.25) is 0 Å². The normalized spacial score (nSPS) is 12.7. The molecule has 0 aliphatic carbocycles. The summed E-state index contributed by atoms with van der Waals surface area (Å²) in [7, 11) is -3.39. The summed E-state index contributed by atoms with van der Waals surface area (Å²) in [5.74, 6) is -0.250. The van der Waals surface area contributed by atoms with Crippen LogP contribution in [0.15, 0.2) is 53.4 Å². The SMILES string of the molecule is CC(CNC(=O)c1cc(S(C)(=O)=O)ccc1Cl)c1ccccc1. The van der Waals surface area contributed by atoms with Crippen molar-refractivity contribution in [1.29, 1.82) is 0 Å². The van der Waals surface area contributed by atoms with Crippen LogP contribution in [0.5, 0.6) is 0 Å². The molecule has 0 heterocycles. The van der Waals surface area contributed by atoms with Gasteiger partial charge in [0.15, 0.2) is 9.84 Å². The Hall–Kier alpha value is -1.85. The smallest absolute Gasteiger partial charge is 0.252 e. The molecular weight excluding hydrogens is 334 g/mol. The fourth-order valence-electron chi connectivity index (χ4n) is 2.15. The van der Waals surface area contributed by atoms with Crippen molar-refractivity contribution in [3.63, 3.8) is 0 Å². The van der Waals surface area contributed by atoms with E-state index in [0.717, 1.165) is 11.8 Å². The summed E-state index contributed by atoms with van der Waals surface area (Å²) in [6.45, 7) is 2.44. The summed E-state index contributed by atoms with van der Waals surface area (Å²) in [5.41, 5.74) is 1.28. The van der Waals surface area contributed by atoms with E-state index in [1.54, 1.807) is 0 Å². The molecule has 0 radical (unpaired) electrons. The molecule has 1 atom stereocenters. The van der Waals surface area contributed by atoms with Crippen LogP contribution in [0.2, 0.25) is 5.02 Å². The molecule has 1 unspecified atom stereocenters. The first-order valence-corrected chi connectivity index (χ1v) is 9.38. The summed E-state index contributed by atoms with van der Waals surface area (Å²) in [6.07, 6.45) is 1.09. The molecule has 6 heteroatoms. The van der Waals surface area contributed by atoms with Crippen molar-refractivity contribution >= 4 is 27.3 Å². The highest BCUT2D eigenvalue weighted by Crippen LogP contribution is 2.21. The van der Waals surface area contributed by atoms with Crippen LogP contribution in [0.1, 0.15) is 28.8 Å². The van der Waals surface area contributed by atoms with Crippen LogP contribution in [0.25, 0.3) is 0 Å². The highest BCUT2D eigenvalue weighted by molar-refractivity contribution is 7.90. The van der Waals surface area contributed by atoms with Crippen LogP contribution in [0, 0.1) is 0 Å². The van der Waals surface area contributed by atoms with Gasteiger partial charge >= 0.3 is 0 Å². The van der Waals surface area contributed by atoms with Crippen molar-refractivity contribution in [3.8, 4) is 0 Å². The van der Waals surface area contributed by atoms with E-state index in [1.165, 1.54) is 18.2 Å². The van der Waals surface area contributed by atoms with Crippen LogP contribution in [-0.2, 0) is 9.84 Å². The van der Waals surface area contributed by atoms with Gasteiger partial charge in [0.1, 0.15) is 0 Å². The minimum absolute atomic E-state index is 0.0724. The van der Waals surface area contributed by atoms with Crippen molar-refractivity contribution < 1.29 is 13.2 Å². The Bertz CT molecular complexity index is 804. The van der Waals surface area contributed by atoms with Gasteiger partial charge in [-0.2, -0.15) is 0 Å². The predicted octanol–water partition coefficient (Wildman–Crippen LogP) is 3.28. The highest BCUT2D eigenvalue weighted by Gasteiger charge is 2.16. The Morgan fingerprint density at radius 3 is 2.43 bits per heavy atom. The summed E-state index contributed by atoms with van der Waals surface area (Å²) < 4.78 is 23.2. The third-order valence-corrected chi connectivity index (χ3v) is 4.99. The van der Waals surface area contributed by atoms with Crippen molar-refractivity contribution in [1.82, 2.24) is 5.32 Å². The average Bonchev–Trinajstić information content (AvgIpc) is 2.52. The van der Waals surface area contributed by atoms with Crippen molar-refractivity contribution in [2.75, 3.05) is 12.8 Å². The highest BCUT2D eigenvalue weighted by atomic mass is 35.5. The number of hydrogen-bond donors (Lipinski definition) is 1. The molecule has 0 fully saturated rings. The van der Waals surface area contributed by atoms with Crippen molar-refractivity contribution in [2.45, 2.75) is 17.7 Å². The molecular formula is C17H18ClNO3S. The van der Waals surface area contributed by atoms with Crippen molar-refractivity contribution in [3.05, 3.63) is 64.7 Å². The molecule has 0 aliphatic heterocycles. The topological polar surface area (TPSA) is 63.2 Å². The maximum absolute atomic E-state index is 12.3. The lowest BCUT2D eigenvalue weighted by molar-refractivity contribution is 0.0951. The third-order valence-electron chi connectivity index (χ3n) is 3.55. The number of halogens is 1. The zero-order chi connectivity index (χ0) is 17.0. The lowest BCUT2D eigenvalue weighted by atomic mass is 10.0. The largest absolute Gasteiger partial charge is 0.351 e. The van der Waals surface area contributed by atoms with Crippen LogP contribution in [-0.4, -0.2) is 27.1 Å². The van der Waals surface area contributed by atoms with E-state index in [1.807, 2.05) is 37.3 Å². The average molecular weight is 352 g/mol. The first-order chi connectivity index (χ1) is 10.8. The van der Waals surface area contributed by atoms with Gasteiger partial charge in [-0.15, -0.1) is 0 Å². The van der Waals surface area contributed by atoms with Gasteiger partial charge in [0.25, 0.3) is 5.91 Å². The Balaban J connectivity index is 2.12. The van der Waals surface area contributed by atoms with E-state index in [2.05, 4.69) is 5.32 Å². The molecule has 4 nitrogen and oxygen atoms in total. The molecule has 122 valence electrons. The van der Waals surface area contributed by atoms with Gasteiger partial charge in [-0.25, -0.2) is 8.42 Å². The lowest BCUT2D eigenvalue weighted by Gasteiger charge is -2.14. The van der Waals surface area contributed by atoms with E-state index in [0.29, 0.717) is 6.54 Å². The number of benzene rings is 2. The number of nitrogens with one attached hydrogen (secondary N) is 1. The molecule has 0 aromatic heterocycles. The second-order valence-electron chi connectivity index (χ2n) is 5.44. The van der Waals surface area contributed by atoms with Crippen LogP contribution in [0.4, 0.5) is 0 Å². The van der Waals surface area contributed by atoms with E-state index in [9.17, 15) is 13.2 Å². The number of carbonyl (C=O) groups is 1. The fraction of sp³-hybridized carbons (Fsp3) is 0.235. The van der Waals surface area contributed by atoms with E-state index < -0.39 is 9.84 Å². The summed E-state index contributed by atoms with van der Waals surface area (Å²) >= 11 is 6.02. The second kappa shape index (κ2) is 7.15. The van der Waals surface area contributed by atoms with Crippen LogP contribution in [0.3, 0.4) is 0 Å². The number of rotatable bonds is 5. The maximum Gasteiger partial charge on any atom is 0.252 e. The standard InChI is InChI=1S/C17H18ClNO3S/c1-12(13-6-4-3-5-7-13)11-19-17(20)15-10-14(23(2,21)22)8-9-16(15)18/h3-10,12H,11H2,1-2H3,(H,19,20). The summed E-state index contributed by atoms with van der Waals surface area (Å²) in [4.78, 5) is 12.4. The first-order valence-electron chi connectivity index (χ1n) is 7.12. The van der Waals surface area contributed by atoms with Gasteiger partial charge in [-0.05, 0) is 29.7 Å². The molecule has 0 saturated carbocycles. The molecule has 2 rings (SSSR count). The maximum atomic E-state index is 12.3. The van der Waals surface area contributed by atoms with E-state index >= 15 is 0 Å². The molecule has 1 N–H and O–H groups in total. The lowest BCUT2D eigenvalue weighted by Crippen LogP contribution is -2.28. The predicted molar refractivity (Wildman–Crippen MR) is 91.8 cm³/mol. The Kier molecular flexibility index (Phi) is 5.44. The molecule has 0 aliphatic rings. The first kappa shape index (κ1) is 17.5. The Morgan fingerprint density at radius 1 is 1.17 bits per heavy atom. The number of amides is 1. The fourth-order valence-corrected chi connectivity index (χ4v) is 3.00. The zero-order valence-electron chi connectivity index (χ0n) is 12.9. The monoisotopic (exact) mass is 351 g/mol. The quantitative estimate of drug-likeness (QED) is 0.899. The minimum atomic E-state index is -3.39. The molecule has 2 aromatic rings. The third kappa shape index (κ3) is 4.56. The Morgan fingerprint density at radius 2 is 1.83 bits per heavy atom. The molecule has 0 bridgehead atoms. The summed E-state index contributed by atoms with van der Waals surface area (Å²) in [5, 5.41) is 3.02. The molecule has 0 saturated heterocycles. The summed E-state index contributed by atoms with van der Waals surface area (Å²) in [6, 6.07) is 13.9. The number of hydrogen-bond acceptors (Lipinski definition) is 3. The van der Waals surface area contributed by atoms with Gasteiger partial charge in [0, 0.05) is 12.8 Å². The molecule has 1 amide bonds. The number of sulfone groups is 1. The van der Waals surface area contributed by atoms with E-state index in [-0.39, 0.29) is 27.3 Å². The number of carbonyl (C=O) groups excluding carboxylic acids is 1. The van der Waals surface area contributed by atoms with Crippen molar-refractivity contribution in [2.24, 2.45) is 0 Å². The molecule has 23 heavy (non-hydrogen) atoms. The van der Waals surface area contributed by atoms with Gasteiger partial charge in [0.05, 0.1) is 15.5 Å². The van der Waals surface area contributed by atoms with Gasteiger partial charge < -0.3 is 5.32 Å².